The minimum Gasteiger partial charge on any atom is -0.350 e. The molecule has 286 valence electrons. The van der Waals surface area contributed by atoms with E-state index in [9.17, 15) is 0 Å². The van der Waals surface area contributed by atoms with Crippen LogP contribution >= 0.6 is 23.1 Å². The summed E-state index contributed by atoms with van der Waals surface area (Å²) in [6.45, 7) is 0. The van der Waals surface area contributed by atoms with E-state index in [4.69, 9.17) is 4.99 Å². The highest BCUT2D eigenvalue weighted by molar-refractivity contribution is 7.99. The van der Waals surface area contributed by atoms with E-state index in [2.05, 4.69) is 223 Å². The Morgan fingerprint density at radius 3 is 1.92 bits per heavy atom. The summed E-state index contributed by atoms with van der Waals surface area (Å²) in [7, 11) is 0. The van der Waals surface area contributed by atoms with Crippen LogP contribution in [-0.4, -0.2) is 5.84 Å². The van der Waals surface area contributed by atoms with Gasteiger partial charge >= 0.3 is 0 Å². The van der Waals surface area contributed by atoms with E-state index in [0.29, 0.717) is 0 Å². The normalized spacial score (nSPS) is 15.2. The summed E-state index contributed by atoms with van der Waals surface area (Å²) in [5.74, 6) is 0.864. The molecule has 0 spiro atoms. The predicted molar refractivity (Wildman–Crippen MR) is 255 cm³/mol. The van der Waals surface area contributed by atoms with Gasteiger partial charge in [-0.15, -0.1) is 11.3 Å². The molecule has 1 aliphatic rings. The molecule has 3 nitrogen and oxygen atoms in total. The van der Waals surface area contributed by atoms with E-state index >= 15 is 0 Å². The first-order valence-corrected chi connectivity index (χ1v) is 22.0. The molecule has 0 fully saturated rings. The van der Waals surface area contributed by atoms with E-state index in [0.717, 1.165) is 28.1 Å². The Kier molecular flexibility index (Phi) is 9.55. The fourth-order valence-electron chi connectivity index (χ4n) is 8.43. The largest absolute Gasteiger partial charge is 0.350 e. The van der Waals surface area contributed by atoms with E-state index in [1.54, 1.807) is 11.8 Å². The average Bonchev–Trinajstić information content (AvgIpc) is 3.71. The number of nitrogens with one attached hydrogen (secondary N) is 2. The number of nitrogens with zero attached hydrogens (tertiary/aromatic N) is 1. The molecule has 11 rings (SSSR count). The molecule has 9 aromatic carbocycles. The zero-order valence-corrected chi connectivity index (χ0v) is 34.3. The summed E-state index contributed by atoms with van der Waals surface area (Å²) in [5.41, 5.74) is 10.4. The fraction of sp³-hybridized carbons (Fsp3) is 0.0364. The lowest BCUT2D eigenvalue weighted by Crippen LogP contribution is -2.45. The van der Waals surface area contributed by atoms with Crippen LogP contribution in [0.5, 0.6) is 0 Å². The molecule has 0 radical (unpaired) electrons. The second kappa shape index (κ2) is 15.8. The minimum atomic E-state index is -0.312. The summed E-state index contributed by atoms with van der Waals surface area (Å²) in [4.78, 5) is 7.87. The lowest BCUT2D eigenvalue weighted by atomic mass is 9.96. The van der Waals surface area contributed by atoms with Gasteiger partial charge in [0.2, 0.25) is 0 Å². The number of aliphatic imine (C=N–C) groups is 1. The number of thiophene rings is 1. The predicted octanol–water partition coefficient (Wildman–Crippen LogP) is 14.7. The van der Waals surface area contributed by atoms with E-state index in [-0.39, 0.29) is 12.3 Å². The maximum atomic E-state index is 5.46. The van der Waals surface area contributed by atoms with Gasteiger partial charge in [-0.3, -0.25) is 5.32 Å². The van der Waals surface area contributed by atoms with Crippen LogP contribution in [0.15, 0.2) is 227 Å². The molecule has 0 amide bonds. The fourth-order valence-corrected chi connectivity index (χ4v) is 10.5. The Morgan fingerprint density at radius 1 is 0.433 bits per heavy atom. The lowest BCUT2D eigenvalue weighted by molar-refractivity contribution is 0.411. The van der Waals surface area contributed by atoms with Crippen molar-refractivity contribution in [2.24, 2.45) is 4.99 Å². The van der Waals surface area contributed by atoms with Crippen LogP contribution in [0.3, 0.4) is 0 Å². The summed E-state index contributed by atoms with van der Waals surface area (Å²) < 4.78 is 2.57. The van der Waals surface area contributed by atoms with Crippen LogP contribution in [0.1, 0.15) is 29.0 Å². The van der Waals surface area contributed by atoms with Gasteiger partial charge in [0.1, 0.15) is 18.2 Å². The number of fused-ring (bicyclic) bond motifs is 4. The molecule has 2 atom stereocenters. The molecule has 0 saturated heterocycles. The van der Waals surface area contributed by atoms with Crippen LogP contribution in [0.2, 0.25) is 0 Å². The third-order valence-electron chi connectivity index (χ3n) is 11.4. The van der Waals surface area contributed by atoms with Gasteiger partial charge in [0.05, 0.1) is 0 Å². The first-order chi connectivity index (χ1) is 29.7. The Morgan fingerprint density at radius 2 is 1.07 bits per heavy atom. The Hall–Kier alpha value is -6.76. The highest BCUT2D eigenvalue weighted by Crippen LogP contribution is 2.40. The Labute approximate surface area is 358 Å². The first kappa shape index (κ1) is 36.3. The van der Waals surface area contributed by atoms with Gasteiger partial charge in [-0.2, -0.15) is 0 Å². The molecule has 5 heteroatoms. The van der Waals surface area contributed by atoms with Crippen molar-refractivity contribution in [1.82, 2.24) is 10.6 Å². The molecular weight excluding hydrogens is 767 g/mol. The van der Waals surface area contributed by atoms with Crippen molar-refractivity contribution in [2.45, 2.75) is 22.1 Å². The monoisotopic (exact) mass is 805 g/mol. The molecule has 0 saturated carbocycles. The third kappa shape index (κ3) is 7.18. The summed E-state index contributed by atoms with van der Waals surface area (Å²) >= 11 is 3.64. The molecule has 1 aliphatic heterocycles. The zero-order valence-electron chi connectivity index (χ0n) is 32.6. The minimum absolute atomic E-state index is 0.196. The number of hydrogen-bond donors (Lipinski definition) is 2. The van der Waals surface area contributed by atoms with Gasteiger partial charge in [-0.05, 0) is 116 Å². The second-order valence-electron chi connectivity index (χ2n) is 15.2. The van der Waals surface area contributed by atoms with Crippen molar-refractivity contribution in [3.8, 4) is 33.4 Å². The van der Waals surface area contributed by atoms with Crippen molar-refractivity contribution in [2.75, 3.05) is 0 Å². The Bertz CT molecular complexity index is 3210. The van der Waals surface area contributed by atoms with Crippen LogP contribution in [0.4, 0.5) is 0 Å². The standard InChI is InChI=1S/C55H39N3S2/c1-3-14-36(15-4-1)39-18-11-20-42(31-39)53-56-54(58-55(57-53)49-25-13-27-51-52(49)48-24-9-10-26-50(48)60-51)43-21-12-19-40(32-43)44-33-45(35-47(34-44)59-46-22-5-2-6-23-46)41-29-28-37-16-7-8-17-38(37)30-41/h1-35,54-55,58H,(H,56,57). The molecule has 0 bridgehead atoms. The lowest BCUT2D eigenvalue weighted by Gasteiger charge is -2.33. The van der Waals surface area contributed by atoms with Crippen LogP contribution < -0.4 is 10.6 Å². The van der Waals surface area contributed by atoms with E-state index in [1.807, 2.05) is 11.3 Å². The Balaban J connectivity index is 1.02. The van der Waals surface area contributed by atoms with E-state index < -0.39 is 0 Å². The molecular formula is C55H39N3S2. The van der Waals surface area contributed by atoms with Crippen LogP contribution in [0.25, 0.3) is 64.3 Å². The molecule has 0 aliphatic carbocycles. The number of hydrogen-bond acceptors (Lipinski definition) is 5. The maximum Gasteiger partial charge on any atom is 0.131 e. The van der Waals surface area contributed by atoms with Gasteiger partial charge in [-0.25, -0.2) is 4.99 Å². The number of amidine groups is 1. The quantitative estimate of drug-likeness (QED) is 0.161. The summed E-state index contributed by atoms with van der Waals surface area (Å²) in [6.07, 6.45) is -0.507. The van der Waals surface area contributed by atoms with Crippen molar-refractivity contribution in [3.63, 3.8) is 0 Å². The number of rotatable bonds is 8. The van der Waals surface area contributed by atoms with Gasteiger partial charge < -0.3 is 5.32 Å². The highest BCUT2D eigenvalue weighted by Gasteiger charge is 2.28. The van der Waals surface area contributed by atoms with Crippen LogP contribution in [0, 0.1) is 0 Å². The van der Waals surface area contributed by atoms with Crippen molar-refractivity contribution in [3.05, 3.63) is 229 Å². The third-order valence-corrected chi connectivity index (χ3v) is 13.5. The van der Waals surface area contributed by atoms with Crippen molar-refractivity contribution in [1.29, 1.82) is 0 Å². The van der Waals surface area contributed by atoms with Gasteiger partial charge in [-0.1, -0.05) is 163 Å². The SMILES string of the molecule is c1ccc(Sc2cc(-c3cccc(C4N=C(c5cccc(-c6ccccc6)c5)NC(c5cccc6sc7ccccc7c56)N4)c3)cc(-c3ccc4ccccc4c3)c2)cc1. The average molecular weight is 806 g/mol. The smallest absolute Gasteiger partial charge is 0.131 e. The second-order valence-corrected chi connectivity index (χ2v) is 17.5. The van der Waals surface area contributed by atoms with Crippen molar-refractivity contribution < 1.29 is 0 Å². The first-order valence-electron chi connectivity index (χ1n) is 20.3. The molecule has 2 N–H and O–H groups in total. The van der Waals surface area contributed by atoms with E-state index in [1.165, 1.54) is 68.6 Å². The molecule has 1 aromatic heterocycles. The molecule has 60 heavy (non-hydrogen) atoms. The van der Waals surface area contributed by atoms with Gasteiger partial charge in [0.25, 0.3) is 0 Å². The molecule has 10 aromatic rings. The van der Waals surface area contributed by atoms with Gasteiger partial charge in [0.15, 0.2) is 0 Å². The molecule has 2 unspecified atom stereocenters. The summed E-state index contributed by atoms with van der Waals surface area (Å²) in [5, 5.41) is 12.9. The summed E-state index contributed by atoms with van der Waals surface area (Å²) in [6, 6.07) is 76.6. The zero-order chi connectivity index (χ0) is 39.8. The maximum absolute atomic E-state index is 5.46. The highest BCUT2D eigenvalue weighted by atomic mass is 32.2. The molecule has 2 heterocycles. The van der Waals surface area contributed by atoms with Crippen LogP contribution in [-0.2, 0) is 0 Å². The van der Waals surface area contributed by atoms with Crippen molar-refractivity contribution >= 4 is 59.9 Å². The topological polar surface area (TPSA) is 36.4 Å². The number of benzene rings is 9. The van der Waals surface area contributed by atoms with Gasteiger partial charge in [0, 0.05) is 35.5 Å².